The Morgan fingerprint density at radius 1 is 0.927 bits per heavy atom. The van der Waals surface area contributed by atoms with Gasteiger partial charge in [-0.3, -0.25) is 9.59 Å². The number of pyridine rings is 2. The molecule has 8 nitrogen and oxygen atoms in total. The van der Waals surface area contributed by atoms with Crippen molar-refractivity contribution in [1.82, 2.24) is 14.9 Å². The van der Waals surface area contributed by atoms with Crippen LogP contribution >= 0.6 is 0 Å². The third-order valence-electron chi connectivity index (χ3n) is 7.43. The summed E-state index contributed by atoms with van der Waals surface area (Å²) in [5.74, 6) is 0.869. The summed E-state index contributed by atoms with van der Waals surface area (Å²) in [6.45, 7) is 2.36. The quantitative estimate of drug-likeness (QED) is 0.440. The number of alkyl halides is 3. The monoisotopic (exact) mass is 564 g/mol. The topological polar surface area (TPSA) is 104 Å². The van der Waals surface area contributed by atoms with E-state index in [4.69, 9.17) is 5.73 Å². The Hall–Kier alpha value is -4.41. The lowest BCUT2D eigenvalue weighted by molar-refractivity contribution is -0.137. The van der Waals surface area contributed by atoms with Crippen LogP contribution in [0.4, 0.5) is 30.5 Å². The lowest BCUT2D eigenvalue weighted by Crippen LogP contribution is -2.49. The van der Waals surface area contributed by atoms with Gasteiger partial charge in [-0.05, 0) is 73.2 Å². The molecule has 5 rings (SSSR count). The van der Waals surface area contributed by atoms with Crippen LogP contribution in [-0.2, 0) is 22.2 Å². The van der Waals surface area contributed by atoms with Crippen LogP contribution in [0.15, 0.2) is 66.4 Å². The highest BCUT2D eigenvalue weighted by molar-refractivity contribution is 6.09. The van der Waals surface area contributed by atoms with Crippen LogP contribution in [0.2, 0.25) is 0 Å². The van der Waals surface area contributed by atoms with E-state index in [9.17, 15) is 22.8 Å². The molecule has 0 saturated carbocycles. The van der Waals surface area contributed by atoms with Crippen LogP contribution < -0.4 is 16.0 Å². The first kappa shape index (κ1) is 28.1. The fraction of sp³-hybridized carbons (Fsp3) is 0.333. The first-order chi connectivity index (χ1) is 19.7. The summed E-state index contributed by atoms with van der Waals surface area (Å²) >= 11 is 0. The molecule has 41 heavy (non-hydrogen) atoms. The number of aromatic nitrogens is 2. The van der Waals surface area contributed by atoms with Crippen molar-refractivity contribution in [3.63, 3.8) is 0 Å². The third kappa shape index (κ3) is 6.85. The fourth-order valence-electron chi connectivity index (χ4n) is 5.24. The van der Waals surface area contributed by atoms with Gasteiger partial charge in [0.2, 0.25) is 5.91 Å². The Morgan fingerprint density at radius 3 is 2.32 bits per heavy atom. The Balaban J connectivity index is 1.19. The largest absolute Gasteiger partial charge is 0.416 e. The number of anilines is 3. The zero-order valence-corrected chi connectivity index (χ0v) is 22.5. The lowest BCUT2D eigenvalue weighted by Gasteiger charge is -2.35. The van der Waals surface area contributed by atoms with Crippen molar-refractivity contribution in [1.29, 1.82) is 0 Å². The molecule has 0 radical (unpaired) electrons. The minimum absolute atomic E-state index is 0.00134. The van der Waals surface area contributed by atoms with E-state index >= 15 is 0 Å². The van der Waals surface area contributed by atoms with Crippen LogP contribution in [0.3, 0.4) is 0 Å². The predicted molar refractivity (Wildman–Crippen MR) is 151 cm³/mol. The van der Waals surface area contributed by atoms with Crippen LogP contribution in [0, 0.1) is 0 Å². The molecule has 1 aliphatic carbocycles. The number of nitrogens with one attached hydrogen (secondary N) is 1. The Bertz CT molecular complexity index is 1430. The van der Waals surface area contributed by atoms with Crippen LogP contribution in [-0.4, -0.2) is 52.9 Å². The molecule has 1 saturated heterocycles. The standard InChI is InChI=1S/C30H31F3N6O2/c31-30(32,33)21-10-8-20(9-11-21)24-5-1-2-6-25(24)29(41)37-23-12-13-27(35-19-23)38-14-16-39(17-15-38)28(40)18-22-4-3-7-26(34)36-22/h3-4,7-13,19H,1-2,5-6,14-18H2,(H2,34,36)(H,37,41). The molecule has 1 fully saturated rings. The van der Waals surface area contributed by atoms with Gasteiger partial charge in [0.15, 0.2) is 0 Å². The number of hydrogen-bond acceptors (Lipinski definition) is 6. The third-order valence-corrected chi connectivity index (χ3v) is 7.43. The molecule has 0 spiro atoms. The molecule has 3 aromatic rings. The summed E-state index contributed by atoms with van der Waals surface area (Å²) in [5.41, 5.74) is 8.19. The van der Waals surface area contributed by atoms with E-state index in [1.54, 1.807) is 30.5 Å². The number of benzene rings is 1. The first-order valence-electron chi connectivity index (χ1n) is 13.6. The van der Waals surface area contributed by atoms with Gasteiger partial charge in [-0.1, -0.05) is 18.2 Å². The van der Waals surface area contributed by atoms with E-state index in [1.165, 1.54) is 12.1 Å². The van der Waals surface area contributed by atoms with Gasteiger partial charge in [0, 0.05) is 31.8 Å². The number of carbonyl (C=O) groups excluding carboxylic acids is 2. The number of hydrogen-bond donors (Lipinski definition) is 2. The number of halogens is 3. The maximum atomic E-state index is 13.2. The summed E-state index contributed by atoms with van der Waals surface area (Å²) in [4.78, 5) is 38.5. The number of amides is 2. The SMILES string of the molecule is Nc1cccc(CC(=O)N2CCN(c3ccc(NC(=O)C4=C(c5ccc(C(F)(F)F)cc5)CCCC4)cn3)CC2)n1. The van der Waals surface area contributed by atoms with E-state index in [0.29, 0.717) is 67.4 Å². The van der Waals surface area contributed by atoms with E-state index in [0.717, 1.165) is 36.4 Å². The smallest absolute Gasteiger partial charge is 0.384 e. The highest BCUT2D eigenvalue weighted by Crippen LogP contribution is 2.35. The van der Waals surface area contributed by atoms with Gasteiger partial charge in [0.1, 0.15) is 11.6 Å². The number of carbonyl (C=O) groups is 2. The normalized spacial score (nSPS) is 16.1. The molecular formula is C30H31F3N6O2. The number of piperazine rings is 1. The second-order valence-electron chi connectivity index (χ2n) is 10.2. The molecule has 11 heteroatoms. The number of nitrogen functional groups attached to an aromatic ring is 1. The number of allylic oxidation sites excluding steroid dienone is 1. The van der Waals surface area contributed by atoms with Crippen LogP contribution in [0.1, 0.15) is 42.5 Å². The molecule has 2 aliphatic rings. The molecule has 1 aromatic carbocycles. The summed E-state index contributed by atoms with van der Waals surface area (Å²) < 4.78 is 39.0. The highest BCUT2D eigenvalue weighted by Gasteiger charge is 2.30. The number of nitrogens with two attached hydrogens (primary N) is 1. The van der Waals surface area contributed by atoms with Crippen molar-refractivity contribution in [3.8, 4) is 0 Å². The van der Waals surface area contributed by atoms with Gasteiger partial charge < -0.3 is 20.9 Å². The molecule has 0 unspecified atom stereocenters. The van der Waals surface area contributed by atoms with E-state index in [-0.39, 0.29) is 18.2 Å². The van der Waals surface area contributed by atoms with Crippen molar-refractivity contribution >= 4 is 34.7 Å². The summed E-state index contributed by atoms with van der Waals surface area (Å²) in [7, 11) is 0. The summed E-state index contributed by atoms with van der Waals surface area (Å²) in [6, 6.07) is 13.9. The van der Waals surface area contributed by atoms with Gasteiger partial charge in [0.25, 0.3) is 5.91 Å². The van der Waals surface area contributed by atoms with Gasteiger partial charge in [-0.15, -0.1) is 0 Å². The van der Waals surface area contributed by atoms with Crippen LogP contribution in [0.25, 0.3) is 5.57 Å². The van der Waals surface area contributed by atoms with E-state index in [2.05, 4.69) is 20.2 Å². The van der Waals surface area contributed by atoms with Crippen LogP contribution in [0.5, 0.6) is 0 Å². The zero-order valence-electron chi connectivity index (χ0n) is 22.5. The molecule has 0 bridgehead atoms. The van der Waals surface area contributed by atoms with Gasteiger partial charge >= 0.3 is 6.18 Å². The molecule has 2 amide bonds. The molecular weight excluding hydrogens is 533 g/mol. The second kappa shape index (κ2) is 12.0. The average molecular weight is 565 g/mol. The Labute approximate surface area is 236 Å². The highest BCUT2D eigenvalue weighted by atomic mass is 19.4. The first-order valence-corrected chi connectivity index (χ1v) is 13.6. The second-order valence-corrected chi connectivity index (χ2v) is 10.2. The minimum Gasteiger partial charge on any atom is -0.384 e. The minimum atomic E-state index is -4.40. The summed E-state index contributed by atoms with van der Waals surface area (Å²) in [6.07, 6.45) is 0.306. The van der Waals surface area contributed by atoms with Gasteiger partial charge in [0.05, 0.1) is 29.6 Å². The predicted octanol–water partition coefficient (Wildman–Crippen LogP) is 4.94. The Morgan fingerprint density at radius 2 is 1.66 bits per heavy atom. The zero-order chi connectivity index (χ0) is 29.0. The molecule has 1 aliphatic heterocycles. The van der Waals surface area contributed by atoms with Gasteiger partial charge in [-0.25, -0.2) is 9.97 Å². The number of nitrogens with zero attached hydrogens (tertiary/aromatic N) is 4. The van der Waals surface area contributed by atoms with Crippen molar-refractivity contribution < 1.29 is 22.8 Å². The van der Waals surface area contributed by atoms with Gasteiger partial charge in [-0.2, -0.15) is 13.2 Å². The van der Waals surface area contributed by atoms with Crippen molar-refractivity contribution in [2.45, 2.75) is 38.3 Å². The summed E-state index contributed by atoms with van der Waals surface area (Å²) in [5, 5.41) is 2.90. The van der Waals surface area contributed by atoms with E-state index in [1.807, 2.05) is 11.0 Å². The van der Waals surface area contributed by atoms with E-state index < -0.39 is 11.7 Å². The Kier molecular flexibility index (Phi) is 8.23. The van der Waals surface area contributed by atoms with Crippen molar-refractivity contribution in [2.24, 2.45) is 0 Å². The maximum absolute atomic E-state index is 13.2. The number of rotatable bonds is 6. The maximum Gasteiger partial charge on any atom is 0.416 e. The molecule has 214 valence electrons. The molecule has 3 N–H and O–H groups in total. The lowest BCUT2D eigenvalue weighted by atomic mass is 9.86. The molecule has 2 aromatic heterocycles. The van der Waals surface area contributed by atoms with Crippen molar-refractivity contribution in [2.75, 3.05) is 42.1 Å². The average Bonchev–Trinajstić information content (AvgIpc) is 2.97. The van der Waals surface area contributed by atoms with Crippen molar-refractivity contribution in [3.05, 3.63) is 83.2 Å². The molecule has 3 heterocycles. The molecule has 0 atom stereocenters. The fourth-order valence-corrected chi connectivity index (χ4v) is 5.24.